The zero-order valence-corrected chi connectivity index (χ0v) is 10.3. The van der Waals surface area contributed by atoms with Crippen LogP contribution in [-0.2, 0) is 26.2 Å². The number of hydrogen-bond donors (Lipinski definition) is 0. The number of benzene rings is 1. The maximum Gasteiger partial charge on any atom is 4.00 e. The van der Waals surface area contributed by atoms with Crippen LogP contribution in [0.1, 0.15) is 0 Å². The third-order valence-electron chi connectivity index (χ3n) is 1.55. The van der Waals surface area contributed by atoms with E-state index in [0.717, 1.165) is 0 Å². The van der Waals surface area contributed by atoms with E-state index in [1.54, 1.807) is 0 Å². The summed E-state index contributed by atoms with van der Waals surface area (Å²) in [6.07, 6.45) is 0. The molecule has 0 heterocycles. The summed E-state index contributed by atoms with van der Waals surface area (Å²) < 4.78 is 0. The Bertz CT molecular complexity index is 287. The van der Waals surface area contributed by atoms with Crippen molar-refractivity contribution in [1.29, 1.82) is 0 Å². The fraction of sp³-hybridized carbons (Fsp3) is 0. The summed E-state index contributed by atoms with van der Waals surface area (Å²) in [5.41, 5.74) is 0. The summed E-state index contributed by atoms with van der Waals surface area (Å²) in [4.78, 5) is 0. The van der Waals surface area contributed by atoms with Crippen molar-refractivity contribution in [2.24, 2.45) is 0 Å². The first-order valence-corrected chi connectivity index (χ1v) is 3.07. The van der Waals surface area contributed by atoms with Crippen molar-refractivity contribution in [3.63, 3.8) is 0 Å². The zero-order chi connectivity index (χ0) is 6.10. The second kappa shape index (κ2) is 6.77. The first-order chi connectivity index (χ1) is 4.47. The molecule has 0 spiro atoms. The molecule has 0 saturated carbocycles. The van der Waals surface area contributed by atoms with E-state index in [9.17, 15) is 0 Å². The van der Waals surface area contributed by atoms with E-state index in [4.69, 9.17) is 0 Å². The van der Waals surface area contributed by atoms with Gasteiger partial charge in [-0.15, -0.1) is 29.7 Å². The Balaban J connectivity index is 0. The molecule has 0 amide bonds. The Morgan fingerprint density at radius 2 is 1.58 bits per heavy atom. The molecule has 0 radical (unpaired) electrons. The second-order valence-corrected chi connectivity index (χ2v) is 2.15. The maximum atomic E-state index is 2.12. The molecule has 0 atom stereocenters. The van der Waals surface area contributed by atoms with Gasteiger partial charge in [-0.25, -0.2) is 0 Å². The Morgan fingerprint density at radius 1 is 0.917 bits per heavy atom. The van der Waals surface area contributed by atoms with E-state index < -0.39 is 0 Å². The fourth-order valence-electron chi connectivity index (χ4n) is 1.07. The quantitative estimate of drug-likeness (QED) is 0.440. The third-order valence-corrected chi connectivity index (χ3v) is 1.55. The first kappa shape index (κ1) is 14.8. The summed E-state index contributed by atoms with van der Waals surface area (Å²) in [5.74, 6) is 0. The van der Waals surface area contributed by atoms with E-state index in [2.05, 4.69) is 42.5 Å². The van der Waals surface area contributed by atoms with Crippen LogP contribution in [0.25, 0.3) is 10.8 Å². The van der Waals surface area contributed by atoms with E-state index in [0.29, 0.717) is 0 Å². The van der Waals surface area contributed by atoms with Crippen molar-refractivity contribution in [1.82, 2.24) is 0 Å². The van der Waals surface area contributed by atoms with Gasteiger partial charge in [0.2, 0.25) is 0 Å². The van der Waals surface area contributed by atoms with Gasteiger partial charge in [0, 0.05) is 0 Å². The molecule has 0 nitrogen and oxygen atoms in total. The molecule has 12 heavy (non-hydrogen) atoms. The molecule has 0 N–H and O–H groups in total. The predicted molar refractivity (Wildman–Crippen MR) is 39.5 cm³/mol. The zero-order valence-electron chi connectivity index (χ0n) is 6.30. The van der Waals surface area contributed by atoms with Crippen molar-refractivity contribution in [3.05, 3.63) is 42.5 Å². The number of rotatable bonds is 0. The van der Waals surface area contributed by atoms with Gasteiger partial charge in [0.15, 0.2) is 0 Å². The summed E-state index contributed by atoms with van der Waals surface area (Å²) in [6.45, 7) is 0. The van der Waals surface area contributed by atoms with Crippen molar-refractivity contribution in [2.75, 3.05) is 0 Å². The van der Waals surface area contributed by atoms with Crippen LogP contribution in [0.5, 0.6) is 0 Å². The Morgan fingerprint density at radius 3 is 2.25 bits per heavy atom. The van der Waals surface area contributed by atoms with E-state index in [-0.39, 0.29) is 51.0 Å². The van der Waals surface area contributed by atoms with Crippen LogP contribution in [0.15, 0.2) is 42.5 Å². The van der Waals surface area contributed by atoms with Gasteiger partial charge in [0.1, 0.15) is 0 Å². The second-order valence-electron chi connectivity index (χ2n) is 2.15. The Labute approximate surface area is 104 Å². The topological polar surface area (TPSA) is 0 Å². The molecular formula is C9H7Cl2Zr+. The van der Waals surface area contributed by atoms with Crippen LogP contribution in [0.4, 0.5) is 0 Å². The molecule has 2 rings (SSSR count). The molecule has 0 saturated heterocycles. The van der Waals surface area contributed by atoms with Crippen LogP contribution in [0, 0.1) is 0 Å². The molecule has 0 aromatic heterocycles. The van der Waals surface area contributed by atoms with Crippen LogP contribution in [0.2, 0.25) is 0 Å². The molecule has 0 fully saturated rings. The van der Waals surface area contributed by atoms with Gasteiger partial charge in [-0.2, -0.15) is 17.5 Å². The molecule has 0 unspecified atom stereocenters. The van der Waals surface area contributed by atoms with Crippen LogP contribution >= 0.6 is 0 Å². The molecule has 0 aliphatic carbocycles. The van der Waals surface area contributed by atoms with Gasteiger partial charge in [-0.05, 0) is 0 Å². The summed E-state index contributed by atoms with van der Waals surface area (Å²) in [7, 11) is 0. The summed E-state index contributed by atoms with van der Waals surface area (Å²) in [6, 6.07) is 14.7. The number of fused-ring (bicyclic) bond motifs is 1. The van der Waals surface area contributed by atoms with Crippen molar-refractivity contribution in [2.45, 2.75) is 0 Å². The molecule has 60 valence electrons. The number of hydrogen-bond acceptors (Lipinski definition) is 0. The average molecular weight is 277 g/mol. The van der Waals surface area contributed by atoms with Crippen LogP contribution in [-0.4, -0.2) is 0 Å². The van der Waals surface area contributed by atoms with Gasteiger partial charge >= 0.3 is 26.2 Å². The molecule has 0 bridgehead atoms. The van der Waals surface area contributed by atoms with Gasteiger partial charge < -0.3 is 24.8 Å². The maximum absolute atomic E-state index is 2.12. The van der Waals surface area contributed by atoms with E-state index >= 15 is 0 Å². The molecule has 0 aliphatic heterocycles. The van der Waals surface area contributed by atoms with Gasteiger partial charge in [-0.1, -0.05) is 6.07 Å². The van der Waals surface area contributed by atoms with Gasteiger partial charge in [0.25, 0.3) is 0 Å². The minimum Gasteiger partial charge on any atom is -1.00 e. The molecular weight excluding hydrogens is 270 g/mol. The standard InChI is InChI=1S/C9H7.2ClH.Zr/c1-2-5-9-7-3-6-8(9)4-1;;;/h1-7H;2*1H;/q-1;;;+4/p-2. The van der Waals surface area contributed by atoms with E-state index in [1.807, 2.05) is 0 Å². The van der Waals surface area contributed by atoms with Crippen molar-refractivity contribution < 1.29 is 51.0 Å². The molecule has 0 aliphatic rings. The predicted octanol–water partition coefficient (Wildman–Crippen LogP) is -3.44. The number of halogens is 2. The normalized spacial score (nSPS) is 7.67. The smallest absolute Gasteiger partial charge is 1.00 e. The van der Waals surface area contributed by atoms with Crippen LogP contribution in [0.3, 0.4) is 0 Å². The third kappa shape index (κ3) is 2.97. The summed E-state index contributed by atoms with van der Waals surface area (Å²) in [5, 5.41) is 2.66. The minimum atomic E-state index is 0. The Hall–Kier alpha value is 0.293. The molecule has 2 aromatic carbocycles. The van der Waals surface area contributed by atoms with E-state index in [1.165, 1.54) is 10.8 Å². The first-order valence-electron chi connectivity index (χ1n) is 3.07. The fourth-order valence-corrected chi connectivity index (χ4v) is 1.07. The van der Waals surface area contributed by atoms with Gasteiger partial charge in [-0.3, -0.25) is 0 Å². The largest absolute Gasteiger partial charge is 4.00 e. The minimum absolute atomic E-state index is 0. The monoisotopic (exact) mass is 275 g/mol. The van der Waals surface area contributed by atoms with Crippen molar-refractivity contribution >= 4 is 10.8 Å². The molecule has 2 aromatic rings. The summed E-state index contributed by atoms with van der Waals surface area (Å²) >= 11 is 0. The average Bonchev–Trinajstić information content (AvgIpc) is 2.33. The van der Waals surface area contributed by atoms with Crippen LogP contribution < -0.4 is 24.8 Å². The van der Waals surface area contributed by atoms with Crippen molar-refractivity contribution in [3.8, 4) is 0 Å². The SMILES string of the molecule is [Cl-].[Cl-].[Zr+4].c1ccc2[cH-]ccc2c1. The Kier molecular flexibility index (Phi) is 8.35. The molecule has 3 heteroatoms. The van der Waals surface area contributed by atoms with Gasteiger partial charge in [0.05, 0.1) is 0 Å².